The summed E-state index contributed by atoms with van der Waals surface area (Å²) in [5, 5.41) is 3.23. The molecule has 0 aromatic carbocycles. The summed E-state index contributed by atoms with van der Waals surface area (Å²) in [7, 11) is 7.13. The zero-order valence-electron chi connectivity index (χ0n) is 12.1. The number of hydrogen-bond acceptors (Lipinski definition) is 4. The zero-order chi connectivity index (χ0) is 13.8. The molecule has 4 heteroatoms. The normalized spacial score (nSPS) is 30.7. The molecule has 0 aromatic heterocycles. The maximum absolute atomic E-state index is 5.69. The van der Waals surface area contributed by atoms with E-state index in [0.29, 0.717) is 0 Å². The smallest absolute Gasteiger partial charge is 0.114 e. The van der Waals surface area contributed by atoms with Gasteiger partial charge in [-0.15, -0.1) is 0 Å². The summed E-state index contributed by atoms with van der Waals surface area (Å²) in [5.74, 6) is 0. The second kappa shape index (κ2) is 6.37. The summed E-state index contributed by atoms with van der Waals surface area (Å²) < 4.78 is 16.9. The minimum atomic E-state index is -0.0572. The Morgan fingerprint density at radius 3 is 2.53 bits per heavy atom. The molecular weight excluding hydrogens is 242 g/mol. The fourth-order valence-electron chi connectivity index (χ4n) is 2.91. The average Bonchev–Trinajstić information content (AvgIpc) is 2.66. The molecule has 0 fully saturated rings. The van der Waals surface area contributed by atoms with Gasteiger partial charge in [-0.1, -0.05) is 12.2 Å². The van der Waals surface area contributed by atoms with E-state index < -0.39 is 0 Å². The third-order valence-corrected chi connectivity index (χ3v) is 3.97. The van der Waals surface area contributed by atoms with Gasteiger partial charge in [0.15, 0.2) is 0 Å². The lowest BCUT2D eigenvalue weighted by molar-refractivity contribution is -0.101. The Kier molecular flexibility index (Phi) is 4.80. The molecule has 3 atom stereocenters. The van der Waals surface area contributed by atoms with Gasteiger partial charge in [-0.2, -0.15) is 0 Å². The SMILES string of the molecule is CNC1=CC=CC2=C(C1)C(OC)C(OC)C(OC)C2. The van der Waals surface area contributed by atoms with E-state index in [1.165, 1.54) is 16.8 Å². The van der Waals surface area contributed by atoms with Crippen LogP contribution in [-0.4, -0.2) is 46.7 Å². The Hall–Kier alpha value is -1.10. The minimum Gasteiger partial charge on any atom is -0.391 e. The van der Waals surface area contributed by atoms with Crippen LogP contribution in [0.1, 0.15) is 12.8 Å². The first-order chi connectivity index (χ1) is 9.24. The van der Waals surface area contributed by atoms with E-state index >= 15 is 0 Å². The fourth-order valence-corrected chi connectivity index (χ4v) is 2.91. The van der Waals surface area contributed by atoms with E-state index in [4.69, 9.17) is 14.2 Å². The number of methoxy groups -OCH3 is 3. The van der Waals surface area contributed by atoms with Gasteiger partial charge in [-0.05, 0) is 17.2 Å². The first-order valence-corrected chi connectivity index (χ1v) is 6.60. The lowest BCUT2D eigenvalue weighted by Crippen LogP contribution is -2.46. The van der Waals surface area contributed by atoms with E-state index in [9.17, 15) is 0 Å². The van der Waals surface area contributed by atoms with Crippen LogP contribution in [0.2, 0.25) is 0 Å². The molecule has 2 aliphatic carbocycles. The first-order valence-electron chi connectivity index (χ1n) is 6.60. The highest BCUT2D eigenvalue weighted by Gasteiger charge is 2.38. The molecule has 0 saturated heterocycles. The van der Waals surface area contributed by atoms with Crippen LogP contribution in [0.3, 0.4) is 0 Å². The summed E-state index contributed by atoms with van der Waals surface area (Å²) in [6.07, 6.45) is 8.00. The summed E-state index contributed by atoms with van der Waals surface area (Å²) in [5.41, 5.74) is 3.78. The predicted octanol–water partition coefficient (Wildman–Crippen LogP) is 1.79. The van der Waals surface area contributed by atoms with Gasteiger partial charge in [-0.25, -0.2) is 0 Å². The molecule has 3 unspecified atom stereocenters. The van der Waals surface area contributed by atoms with Crippen molar-refractivity contribution in [3.8, 4) is 0 Å². The van der Waals surface area contributed by atoms with Gasteiger partial charge in [0.25, 0.3) is 0 Å². The van der Waals surface area contributed by atoms with Gasteiger partial charge in [0.1, 0.15) is 12.2 Å². The van der Waals surface area contributed by atoms with Gasteiger partial charge < -0.3 is 19.5 Å². The Morgan fingerprint density at radius 1 is 1.16 bits per heavy atom. The number of nitrogens with one attached hydrogen (secondary N) is 1. The van der Waals surface area contributed by atoms with Crippen LogP contribution in [0.5, 0.6) is 0 Å². The second-order valence-electron chi connectivity index (χ2n) is 4.86. The quantitative estimate of drug-likeness (QED) is 0.841. The summed E-state index contributed by atoms with van der Waals surface area (Å²) in [4.78, 5) is 0. The zero-order valence-corrected chi connectivity index (χ0v) is 12.1. The van der Waals surface area contributed by atoms with Crippen molar-refractivity contribution >= 4 is 0 Å². The van der Waals surface area contributed by atoms with Crippen LogP contribution < -0.4 is 5.32 Å². The summed E-state index contributed by atoms with van der Waals surface area (Å²) >= 11 is 0. The third-order valence-electron chi connectivity index (χ3n) is 3.97. The molecule has 0 spiro atoms. The number of hydrogen-bond donors (Lipinski definition) is 1. The molecule has 2 rings (SSSR count). The number of rotatable bonds is 4. The van der Waals surface area contributed by atoms with Gasteiger partial charge in [-0.3, -0.25) is 0 Å². The molecule has 0 aromatic rings. The molecule has 1 N–H and O–H groups in total. The number of allylic oxidation sites excluding steroid dienone is 4. The fraction of sp³-hybridized carbons (Fsp3) is 0.600. The highest BCUT2D eigenvalue weighted by atomic mass is 16.6. The van der Waals surface area contributed by atoms with Crippen molar-refractivity contribution in [3.05, 3.63) is 35.1 Å². The largest absolute Gasteiger partial charge is 0.391 e. The van der Waals surface area contributed by atoms with Crippen LogP contribution >= 0.6 is 0 Å². The van der Waals surface area contributed by atoms with E-state index in [1.807, 2.05) is 7.05 Å². The van der Waals surface area contributed by atoms with Gasteiger partial charge >= 0.3 is 0 Å². The Labute approximate surface area is 115 Å². The molecule has 0 heterocycles. The van der Waals surface area contributed by atoms with Gasteiger partial charge in [0.05, 0.1) is 6.10 Å². The molecule has 4 nitrogen and oxygen atoms in total. The van der Waals surface area contributed by atoms with Crippen LogP contribution in [0.15, 0.2) is 35.1 Å². The maximum Gasteiger partial charge on any atom is 0.114 e. The molecule has 0 saturated carbocycles. The van der Waals surface area contributed by atoms with E-state index in [0.717, 1.165) is 12.8 Å². The van der Waals surface area contributed by atoms with Crippen LogP contribution in [-0.2, 0) is 14.2 Å². The Morgan fingerprint density at radius 2 is 1.95 bits per heavy atom. The molecule has 2 aliphatic rings. The van der Waals surface area contributed by atoms with Crippen molar-refractivity contribution in [1.29, 1.82) is 0 Å². The molecule has 19 heavy (non-hydrogen) atoms. The van der Waals surface area contributed by atoms with Gasteiger partial charge in [0.2, 0.25) is 0 Å². The Bertz CT molecular complexity index is 412. The highest BCUT2D eigenvalue weighted by Crippen LogP contribution is 2.35. The van der Waals surface area contributed by atoms with Crippen LogP contribution in [0, 0.1) is 0 Å². The topological polar surface area (TPSA) is 39.7 Å². The third kappa shape index (κ3) is 2.76. The number of ether oxygens (including phenoxy) is 3. The van der Waals surface area contributed by atoms with Crippen molar-refractivity contribution in [2.45, 2.75) is 31.2 Å². The first kappa shape index (κ1) is 14.3. The minimum absolute atomic E-state index is 0.0366. The molecule has 0 amide bonds. The summed E-state index contributed by atoms with van der Waals surface area (Å²) in [6.45, 7) is 0. The monoisotopic (exact) mass is 265 g/mol. The lowest BCUT2D eigenvalue weighted by Gasteiger charge is -2.38. The van der Waals surface area contributed by atoms with E-state index in [1.54, 1.807) is 21.3 Å². The van der Waals surface area contributed by atoms with Crippen LogP contribution in [0.4, 0.5) is 0 Å². The van der Waals surface area contributed by atoms with Crippen molar-refractivity contribution in [2.75, 3.05) is 28.4 Å². The molecule has 106 valence electrons. The van der Waals surface area contributed by atoms with Crippen molar-refractivity contribution < 1.29 is 14.2 Å². The lowest BCUT2D eigenvalue weighted by atomic mass is 9.83. The highest BCUT2D eigenvalue weighted by molar-refractivity contribution is 5.40. The van der Waals surface area contributed by atoms with Crippen molar-refractivity contribution in [2.24, 2.45) is 0 Å². The van der Waals surface area contributed by atoms with E-state index in [2.05, 4.69) is 23.5 Å². The molecule has 0 radical (unpaired) electrons. The summed E-state index contributed by atoms with van der Waals surface area (Å²) in [6, 6.07) is 0. The predicted molar refractivity (Wildman–Crippen MR) is 74.9 cm³/mol. The van der Waals surface area contributed by atoms with Gasteiger partial charge in [0, 0.05) is 46.9 Å². The molecule has 0 aliphatic heterocycles. The van der Waals surface area contributed by atoms with Crippen LogP contribution in [0.25, 0.3) is 0 Å². The standard InChI is InChI=1S/C15H23NO3/c1-16-11-7-5-6-10-8-13(17-2)15(19-4)14(18-3)12(10)9-11/h5-7,13-16H,8-9H2,1-4H3. The second-order valence-corrected chi connectivity index (χ2v) is 4.86. The average molecular weight is 265 g/mol. The molecule has 0 bridgehead atoms. The Balaban J connectivity index is 2.36. The molecular formula is C15H23NO3. The van der Waals surface area contributed by atoms with Crippen molar-refractivity contribution in [1.82, 2.24) is 5.32 Å². The maximum atomic E-state index is 5.69. The van der Waals surface area contributed by atoms with Crippen molar-refractivity contribution in [3.63, 3.8) is 0 Å². The van der Waals surface area contributed by atoms with E-state index in [-0.39, 0.29) is 18.3 Å².